The van der Waals surface area contributed by atoms with Gasteiger partial charge in [-0.2, -0.15) is 5.10 Å². The lowest BCUT2D eigenvalue weighted by Gasteiger charge is -2.39. The van der Waals surface area contributed by atoms with Crippen molar-refractivity contribution in [3.63, 3.8) is 0 Å². The molecule has 71 heavy (non-hydrogen) atoms. The van der Waals surface area contributed by atoms with E-state index in [1.54, 1.807) is 49.3 Å². The minimum Gasteiger partial charge on any atom is -0.456 e. The molecule has 1 N–H and O–H groups in total. The molecular formula is C53H68ClN7O8SSi. The van der Waals surface area contributed by atoms with Gasteiger partial charge in [0.15, 0.2) is 0 Å². The minimum atomic E-state index is -4.61. The summed E-state index contributed by atoms with van der Waals surface area (Å²) in [6.45, 7) is 16.4. The molecule has 8 rings (SSSR count). The van der Waals surface area contributed by atoms with Crippen LogP contribution >= 0.6 is 11.6 Å². The number of hydrogen-bond acceptors (Lipinski definition) is 12. The Bertz CT molecular complexity index is 2870. The van der Waals surface area contributed by atoms with Gasteiger partial charge in [0.05, 0.1) is 38.6 Å². The van der Waals surface area contributed by atoms with E-state index in [-0.39, 0.29) is 41.3 Å². The molecule has 0 atom stereocenters. The number of halogens is 1. The van der Waals surface area contributed by atoms with Gasteiger partial charge >= 0.3 is 0 Å². The van der Waals surface area contributed by atoms with Gasteiger partial charge in [0.2, 0.25) is 0 Å². The van der Waals surface area contributed by atoms with Gasteiger partial charge in [-0.15, -0.1) is 0 Å². The van der Waals surface area contributed by atoms with Crippen molar-refractivity contribution in [1.82, 2.24) is 19.4 Å². The Morgan fingerprint density at radius 1 is 0.972 bits per heavy atom. The summed E-state index contributed by atoms with van der Waals surface area (Å²) in [4.78, 5) is 32.3. The fraction of sp³-hybridized carbons (Fsp3) is 0.472. The third-order valence-corrected chi connectivity index (χ3v) is 17.7. The Morgan fingerprint density at radius 3 is 2.39 bits per heavy atom. The summed E-state index contributed by atoms with van der Waals surface area (Å²) in [6, 6.07) is 23.7. The zero-order chi connectivity index (χ0) is 50.7. The molecule has 380 valence electrons. The molecule has 5 aromatic rings. The fourth-order valence-electron chi connectivity index (χ4n) is 10.0. The third-order valence-electron chi connectivity index (χ3n) is 14.4. The number of rotatable bonds is 18. The highest BCUT2D eigenvalue weighted by Gasteiger charge is 2.32. The van der Waals surface area contributed by atoms with E-state index in [1.165, 1.54) is 28.8 Å². The Morgan fingerprint density at radius 2 is 1.70 bits per heavy atom. The van der Waals surface area contributed by atoms with E-state index < -0.39 is 33.8 Å². The quantitative estimate of drug-likeness (QED) is 0.0383. The average molecular weight is 1030 g/mol. The number of carbonyl (C=O) groups is 1. The number of piperazine rings is 1. The summed E-state index contributed by atoms with van der Waals surface area (Å²) in [5.41, 5.74) is 5.78. The Labute approximate surface area is 424 Å². The smallest absolute Gasteiger partial charge is 0.293 e. The van der Waals surface area contributed by atoms with Crippen molar-refractivity contribution >= 4 is 69.1 Å². The number of benzene rings is 4. The number of ether oxygens (including phenoxy) is 3. The van der Waals surface area contributed by atoms with E-state index in [1.807, 2.05) is 29.2 Å². The summed E-state index contributed by atoms with van der Waals surface area (Å²) < 4.78 is 50.2. The predicted molar refractivity (Wildman–Crippen MR) is 284 cm³/mol. The number of aromatic nitrogens is 2. The highest BCUT2D eigenvalue weighted by molar-refractivity contribution is 7.90. The molecule has 15 nitrogen and oxygen atoms in total. The van der Waals surface area contributed by atoms with Gasteiger partial charge in [0.1, 0.15) is 23.9 Å². The molecule has 1 amide bonds. The second-order valence-corrected chi connectivity index (χ2v) is 29.0. The van der Waals surface area contributed by atoms with Crippen LogP contribution < -0.4 is 19.3 Å². The Kier molecular flexibility index (Phi) is 16.0. The first-order valence-corrected chi connectivity index (χ1v) is 30.2. The molecule has 0 spiro atoms. The van der Waals surface area contributed by atoms with Crippen LogP contribution in [-0.4, -0.2) is 108 Å². The molecule has 1 saturated heterocycles. The van der Waals surface area contributed by atoms with Crippen molar-refractivity contribution < 1.29 is 32.3 Å². The van der Waals surface area contributed by atoms with E-state index in [0.717, 1.165) is 92.9 Å². The lowest BCUT2D eigenvalue weighted by atomic mass is 9.72. The van der Waals surface area contributed by atoms with Crippen LogP contribution in [0.15, 0.2) is 95.5 Å². The normalized spacial score (nSPS) is 19.0. The van der Waals surface area contributed by atoms with Crippen LogP contribution in [0.25, 0.3) is 16.5 Å². The molecule has 2 fully saturated rings. The molecule has 1 saturated carbocycles. The molecule has 2 aliphatic carbocycles. The number of carbonyl (C=O) groups excluding carboxylic acids is 1. The average Bonchev–Trinajstić information content (AvgIpc) is 3.76. The van der Waals surface area contributed by atoms with Crippen molar-refractivity contribution in [2.45, 2.75) is 108 Å². The van der Waals surface area contributed by atoms with E-state index in [0.29, 0.717) is 36.5 Å². The Hall–Kier alpha value is -5.30. The number of sulfonamides is 1. The van der Waals surface area contributed by atoms with Crippen molar-refractivity contribution in [2.24, 2.45) is 5.41 Å². The summed E-state index contributed by atoms with van der Waals surface area (Å²) in [7, 11) is -2.44. The van der Waals surface area contributed by atoms with Crippen LogP contribution in [0.4, 0.5) is 17.1 Å². The number of anilines is 2. The summed E-state index contributed by atoms with van der Waals surface area (Å²) >= 11 is 6.28. The lowest BCUT2D eigenvalue weighted by Crippen LogP contribution is -2.47. The second-order valence-electron chi connectivity index (χ2n) is 21.3. The maximum atomic E-state index is 14.3. The van der Waals surface area contributed by atoms with Crippen LogP contribution in [0.1, 0.15) is 74.7 Å². The van der Waals surface area contributed by atoms with Crippen LogP contribution in [0.3, 0.4) is 0 Å². The lowest BCUT2D eigenvalue weighted by molar-refractivity contribution is -0.384. The first-order valence-electron chi connectivity index (χ1n) is 24.7. The van der Waals surface area contributed by atoms with Gasteiger partial charge in [-0.25, -0.2) is 17.8 Å². The highest BCUT2D eigenvalue weighted by Crippen LogP contribution is 2.44. The van der Waals surface area contributed by atoms with Crippen molar-refractivity contribution in [2.75, 3.05) is 63.3 Å². The third kappa shape index (κ3) is 12.7. The largest absolute Gasteiger partial charge is 0.456 e. The van der Waals surface area contributed by atoms with E-state index in [2.05, 4.69) is 65.2 Å². The number of amides is 1. The number of hydrogen-bond donors (Lipinski definition) is 1. The van der Waals surface area contributed by atoms with Crippen molar-refractivity contribution in [1.29, 1.82) is 0 Å². The molecule has 1 aromatic heterocycles. The van der Waals surface area contributed by atoms with Crippen LogP contribution in [0, 0.1) is 15.5 Å². The monoisotopic (exact) mass is 1030 g/mol. The number of nitrogens with zero attached hydrogens (tertiary/aromatic N) is 6. The zero-order valence-corrected chi connectivity index (χ0v) is 44.7. The SMILES string of the molecule is COC1CCC(N(C)c2ccc(S(=O)(=O)NC(=O)c3ccc(N4CCN(CC5=C(c6ccc(Cl)cc6)CC(C)(C)CC5)CC4)cc3Oc3cccc4c3cnn4COCC[Si](C)(C)C)cc2[N+](=O)[O-])CC1. The molecule has 0 bridgehead atoms. The number of nitro benzene ring substituents is 1. The van der Waals surface area contributed by atoms with E-state index in [4.69, 9.17) is 25.8 Å². The van der Waals surface area contributed by atoms with Crippen LogP contribution in [-0.2, 0) is 26.2 Å². The minimum absolute atomic E-state index is 0.0156. The first kappa shape index (κ1) is 52.0. The van der Waals surface area contributed by atoms with Crippen molar-refractivity contribution in [3.8, 4) is 11.5 Å². The van der Waals surface area contributed by atoms with Gasteiger partial charge in [-0.1, -0.05) is 68.9 Å². The van der Waals surface area contributed by atoms with Crippen LogP contribution in [0.5, 0.6) is 11.5 Å². The first-order chi connectivity index (χ1) is 33.8. The number of methoxy groups -OCH3 is 1. The summed E-state index contributed by atoms with van der Waals surface area (Å²) in [6.07, 6.45) is 8.20. The van der Waals surface area contributed by atoms with E-state index in [9.17, 15) is 23.3 Å². The number of fused-ring (bicyclic) bond motifs is 1. The van der Waals surface area contributed by atoms with E-state index >= 15 is 0 Å². The van der Waals surface area contributed by atoms with Gasteiger partial charge in [0, 0.05) is 90.4 Å². The van der Waals surface area contributed by atoms with Gasteiger partial charge in [0.25, 0.3) is 21.6 Å². The fourth-order valence-corrected chi connectivity index (χ4v) is 11.9. The number of nitrogens with one attached hydrogen (secondary N) is 1. The molecular weight excluding hydrogens is 958 g/mol. The molecule has 4 aromatic carbocycles. The van der Waals surface area contributed by atoms with Gasteiger partial charge in [-0.05, 0) is 116 Å². The molecule has 2 heterocycles. The number of allylic oxidation sites excluding steroid dienone is 1. The molecule has 0 radical (unpaired) electrons. The van der Waals surface area contributed by atoms with Gasteiger partial charge < -0.3 is 24.0 Å². The summed E-state index contributed by atoms with van der Waals surface area (Å²) in [5, 5.41) is 18.5. The maximum absolute atomic E-state index is 14.3. The standard InChI is InChI=1S/C53H68ClN7O8SSi/c1-53(2)24-23-38(45(33-53)37-11-13-39(54)14-12-37)35-58-25-27-59(28-26-58)41-17-21-44(51(31-41)69-50-10-8-9-47-46(50)34-55-60(47)36-68-29-30-71(5,6)7)52(62)56-70(65,66)43-20-22-48(49(32-43)61(63)64)57(3)40-15-18-42(67-4)19-16-40/h8-14,17,20-22,31-32,34,40,42H,15-16,18-19,23-30,33,35-36H2,1-7H3,(H,56,62). The topological polar surface area (TPSA) is 162 Å². The second kappa shape index (κ2) is 21.8. The van der Waals surface area contributed by atoms with Crippen LogP contribution in [0.2, 0.25) is 30.7 Å². The molecule has 0 unspecified atom stereocenters. The zero-order valence-electron chi connectivity index (χ0n) is 42.1. The highest BCUT2D eigenvalue weighted by atomic mass is 35.5. The summed E-state index contributed by atoms with van der Waals surface area (Å²) in [5.74, 6) is -0.395. The Balaban J connectivity index is 1.04. The van der Waals surface area contributed by atoms with Gasteiger partial charge in [-0.3, -0.25) is 19.8 Å². The number of nitro groups is 1. The molecule has 1 aliphatic heterocycles. The maximum Gasteiger partial charge on any atom is 0.293 e. The molecule has 18 heteroatoms. The molecule has 3 aliphatic rings. The van der Waals surface area contributed by atoms with Crippen molar-refractivity contribution in [3.05, 3.63) is 117 Å². The predicted octanol–water partition coefficient (Wildman–Crippen LogP) is 11.0.